The first kappa shape index (κ1) is 15.0. The Morgan fingerprint density at radius 1 is 0.952 bits per heavy atom. The first-order valence-corrected chi connectivity index (χ1v) is 7.10. The average molecular weight is 279 g/mol. The minimum Gasteiger partial charge on any atom is -0.361 e. The predicted molar refractivity (Wildman–Crippen MR) is 88.9 cm³/mol. The summed E-state index contributed by atoms with van der Waals surface area (Å²) in [6.07, 6.45) is 3.28. The Morgan fingerprint density at radius 3 is 2.43 bits per heavy atom. The molecule has 0 heterocycles. The van der Waals surface area contributed by atoms with Gasteiger partial charge in [0.15, 0.2) is 5.78 Å². The van der Waals surface area contributed by atoms with Gasteiger partial charge in [0.2, 0.25) is 0 Å². The largest absolute Gasteiger partial charge is 0.361 e. The Hall–Kier alpha value is -2.35. The van der Waals surface area contributed by atoms with Crippen LogP contribution in [0.15, 0.2) is 48.7 Å². The smallest absolute Gasteiger partial charge is 0.187 e. The molecule has 0 aliphatic rings. The van der Waals surface area contributed by atoms with Crippen molar-refractivity contribution in [3.8, 4) is 0 Å². The molecule has 0 aromatic heterocycles. The SMILES string of the molecule is Cc1ccc(C(=O)/C=C/Nc2cccc(C)c2C)cc1C. The summed E-state index contributed by atoms with van der Waals surface area (Å²) in [6.45, 7) is 8.20. The van der Waals surface area contributed by atoms with Crippen LogP contribution in [-0.2, 0) is 0 Å². The Morgan fingerprint density at radius 2 is 1.71 bits per heavy atom. The highest BCUT2D eigenvalue weighted by Gasteiger charge is 2.03. The average Bonchev–Trinajstić information content (AvgIpc) is 2.46. The minimum atomic E-state index is 0.0101. The van der Waals surface area contributed by atoms with Gasteiger partial charge < -0.3 is 5.32 Å². The molecule has 0 unspecified atom stereocenters. The van der Waals surface area contributed by atoms with E-state index in [-0.39, 0.29) is 5.78 Å². The molecule has 1 N–H and O–H groups in total. The molecule has 0 spiro atoms. The molecule has 0 saturated carbocycles. The molecular formula is C19H21NO. The van der Waals surface area contributed by atoms with E-state index >= 15 is 0 Å². The summed E-state index contributed by atoms with van der Waals surface area (Å²) in [4.78, 5) is 12.1. The van der Waals surface area contributed by atoms with E-state index < -0.39 is 0 Å². The molecule has 0 aliphatic carbocycles. The van der Waals surface area contributed by atoms with Crippen LogP contribution < -0.4 is 5.32 Å². The zero-order chi connectivity index (χ0) is 15.4. The van der Waals surface area contributed by atoms with Crippen molar-refractivity contribution in [3.63, 3.8) is 0 Å². The number of ketones is 1. The van der Waals surface area contributed by atoms with Crippen LogP contribution in [0.4, 0.5) is 5.69 Å². The molecule has 21 heavy (non-hydrogen) atoms. The van der Waals surface area contributed by atoms with Crippen molar-refractivity contribution in [1.29, 1.82) is 0 Å². The standard InChI is InChI=1S/C19H21NO/c1-13-8-9-17(12-15(13)3)19(21)10-11-20-18-7-5-6-14(2)16(18)4/h5-12,20H,1-4H3/b11-10+. The van der Waals surface area contributed by atoms with E-state index in [1.54, 1.807) is 12.3 Å². The molecule has 0 aliphatic heterocycles. The van der Waals surface area contributed by atoms with Crippen molar-refractivity contribution in [2.45, 2.75) is 27.7 Å². The third-order valence-corrected chi connectivity index (χ3v) is 3.87. The highest BCUT2D eigenvalue weighted by atomic mass is 16.1. The van der Waals surface area contributed by atoms with Crippen molar-refractivity contribution >= 4 is 11.5 Å². The number of carbonyl (C=O) groups is 1. The van der Waals surface area contributed by atoms with Gasteiger partial charge in [-0.05, 0) is 62.1 Å². The monoisotopic (exact) mass is 279 g/mol. The zero-order valence-electron chi connectivity index (χ0n) is 13.0. The third-order valence-electron chi connectivity index (χ3n) is 3.87. The molecule has 0 atom stereocenters. The van der Waals surface area contributed by atoms with Gasteiger partial charge >= 0.3 is 0 Å². The summed E-state index contributed by atoms with van der Waals surface area (Å²) in [5, 5.41) is 3.18. The summed E-state index contributed by atoms with van der Waals surface area (Å²) >= 11 is 0. The van der Waals surface area contributed by atoms with Crippen LogP contribution >= 0.6 is 0 Å². The van der Waals surface area contributed by atoms with E-state index in [4.69, 9.17) is 0 Å². The highest BCUT2D eigenvalue weighted by Crippen LogP contribution is 2.18. The van der Waals surface area contributed by atoms with E-state index in [1.165, 1.54) is 16.7 Å². The number of hydrogen-bond acceptors (Lipinski definition) is 2. The van der Waals surface area contributed by atoms with Crippen LogP contribution in [0.1, 0.15) is 32.6 Å². The van der Waals surface area contributed by atoms with Crippen LogP contribution in [0, 0.1) is 27.7 Å². The Balaban J connectivity index is 2.09. The molecule has 2 aromatic carbocycles. The second-order valence-electron chi connectivity index (χ2n) is 5.39. The van der Waals surface area contributed by atoms with Crippen molar-refractivity contribution in [3.05, 3.63) is 76.5 Å². The van der Waals surface area contributed by atoms with Gasteiger partial charge in [0.25, 0.3) is 0 Å². The Kier molecular flexibility index (Phi) is 4.59. The van der Waals surface area contributed by atoms with E-state index in [0.29, 0.717) is 0 Å². The zero-order valence-corrected chi connectivity index (χ0v) is 13.0. The second-order valence-corrected chi connectivity index (χ2v) is 5.39. The molecule has 2 rings (SSSR count). The molecule has 0 saturated heterocycles. The fourth-order valence-electron chi connectivity index (χ4n) is 2.11. The van der Waals surface area contributed by atoms with Crippen LogP contribution in [0.2, 0.25) is 0 Å². The molecule has 108 valence electrons. The van der Waals surface area contributed by atoms with Gasteiger partial charge in [-0.2, -0.15) is 0 Å². The van der Waals surface area contributed by atoms with E-state index in [9.17, 15) is 4.79 Å². The normalized spacial score (nSPS) is 10.9. The van der Waals surface area contributed by atoms with Gasteiger partial charge in [0.05, 0.1) is 0 Å². The maximum absolute atomic E-state index is 12.1. The van der Waals surface area contributed by atoms with Crippen molar-refractivity contribution in [2.24, 2.45) is 0 Å². The number of benzene rings is 2. The summed E-state index contributed by atoms with van der Waals surface area (Å²) in [6, 6.07) is 11.9. The first-order valence-electron chi connectivity index (χ1n) is 7.10. The lowest BCUT2D eigenvalue weighted by atomic mass is 10.0. The predicted octanol–water partition coefficient (Wildman–Crippen LogP) is 4.73. The summed E-state index contributed by atoms with van der Waals surface area (Å²) in [5.41, 5.74) is 6.51. The van der Waals surface area contributed by atoms with Crippen molar-refractivity contribution in [2.75, 3.05) is 5.32 Å². The number of allylic oxidation sites excluding steroid dienone is 1. The number of rotatable bonds is 4. The van der Waals surface area contributed by atoms with Crippen LogP contribution in [0.3, 0.4) is 0 Å². The summed E-state index contributed by atoms with van der Waals surface area (Å²) < 4.78 is 0. The van der Waals surface area contributed by atoms with Gasteiger partial charge in [-0.3, -0.25) is 4.79 Å². The number of hydrogen-bond donors (Lipinski definition) is 1. The summed E-state index contributed by atoms with van der Waals surface area (Å²) in [7, 11) is 0. The molecular weight excluding hydrogens is 258 g/mol. The highest BCUT2D eigenvalue weighted by molar-refractivity contribution is 6.04. The Labute approximate surface area is 126 Å². The number of carbonyl (C=O) groups excluding carboxylic acids is 1. The lowest BCUT2D eigenvalue weighted by molar-refractivity contribution is 0.104. The third kappa shape index (κ3) is 3.60. The number of anilines is 1. The topological polar surface area (TPSA) is 29.1 Å². The van der Waals surface area contributed by atoms with Crippen LogP contribution in [0.5, 0.6) is 0 Å². The minimum absolute atomic E-state index is 0.0101. The maximum atomic E-state index is 12.1. The van der Waals surface area contributed by atoms with E-state index in [1.807, 2.05) is 44.2 Å². The van der Waals surface area contributed by atoms with Crippen LogP contribution in [0.25, 0.3) is 0 Å². The van der Waals surface area contributed by atoms with Crippen molar-refractivity contribution < 1.29 is 4.79 Å². The fourth-order valence-corrected chi connectivity index (χ4v) is 2.11. The quantitative estimate of drug-likeness (QED) is 0.647. The van der Waals surface area contributed by atoms with Crippen molar-refractivity contribution in [1.82, 2.24) is 0 Å². The molecule has 0 fully saturated rings. The molecule has 0 amide bonds. The van der Waals surface area contributed by atoms with E-state index in [0.717, 1.165) is 16.8 Å². The molecule has 0 radical (unpaired) electrons. The first-order chi connectivity index (χ1) is 9.99. The van der Waals surface area contributed by atoms with Crippen LogP contribution in [-0.4, -0.2) is 5.78 Å². The van der Waals surface area contributed by atoms with Gasteiger partial charge in [0.1, 0.15) is 0 Å². The number of aryl methyl sites for hydroxylation is 3. The maximum Gasteiger partial charge on any atom is 0.187 e. The van der Waals surface area contributed by atoms with Gasteiger partial charge in [-0.25, -0.2) is 0 Å². The molecule has 2 nitrogen and oxygen atoms in total. The van der Waals surface area contributed by atoms with Gasteiger partial charge in [0, 0.05) is 23.5 Å². The molecule has 0 bridgehead atoms. The Bertz CT molecular complexity index is 699. The fraction of sp³-hybridized carbons (Fsp3) is 0.211. The van der Waals surface area contributed by atoms with Gasteiger partial charge in [-0.1, -0.05) is 24.3 Å². The molecule has 2 aromatic rings. The molecule has 2 heteroatoms. The lowest BCUT2D eigenvalue weighted by Gasteiger charge is -2.07. The second kappa shape index (κ2) is 6.40. The number of nitrogens with one attached hydrogen (secondary N) is 1. The van der Waals surface area contributed by atoms with Gasteiger partial charge in [-0.15, -0.1) is 0 Å². The lowest BCUT2D eigenvalue weighted by Crippen LogP contribution is -1.98. The van der Waals surface area contributed by atoms with E-state index in [2.05, 4.69) is 25.2 Å². The summed E-state index contributed by atoms with van der Waals surface area (Å²) in [5.74, 6) is 0.0101.